The van der Waals surface area contributed by atoms with Crippen LogP contribution < -0.4 is 0 Å². The topological polar surface area (TPSA) is 6.48 Å². The third-order valence-corrected chi connectivity index (χ3v) is 4.16. The van der Waals surface area contributed by atoms with Gasteiger partial charge in [0.15, 0.2) is 0 Å². The highest BCUT2D eigenvalue weighted by molar-refractivity contribution is 14.1. The number of terminal acetylenes is 1. The van der Waals surface area contributed by atoms with Gasteiger partial charge in [0, 0.05) is 64.9 Å². The Bertz CT molecular complexity index is 178. The van der Waals surface area contributed by atoms with E-state index in [-0.39, 0.29) is 6.04 Å². The van der Waals surface area contributed by atoms with Crippen molar-refractivity contribution in [1.82, 2.24) is 6.23 Å². The number of nitrogens with zero attached hydrogens (tertiary/aromatic N) is 2. The van der Waals surface area contributed by atoms with Crippen molar-refractivity contribution < 1.29 is 0 Å². The Morgan fingerprint density at radius 1 is 1.45 bits per heavy atom. The van der Waals surface area contributed by atoms with Crippen LogP contribution >= 0.6 is 45.7 Å². The van der Waals surface area contributed by atoms with Crippen molar-refractivity contribution in [2.24, 2.45) is 0 Å². The second-order valence-corrected chi connectivity index (χ2v) is 5.18. The Morgan fingerprint density at radius 2 is 2.09 bits per heavy atom. The molecule has 4 heteroatoms. The van der Waals surface area contributed by atoms with Crippen LogP contribution in [0.2, 0.25) is 0 Å². The number of piperazine rings is 1. The molecule has 1 rings (SSSR count). The van der Waals surface area contributed by atoms with E-state index < -0.39 is 0 Å². The maximum atomic E-state index is 5.39. The minimum absolute atomic E-state index is 0.274. The molecule has 11 heavy (non-hydrogen) atoms. The molecule has 1 heterocycles. The highest BCUT2D eigenvalue weighted by Crippen LogP contribution is 2.21. The number of hydrogen-bond acceptors (Lipinski definition) is 2. The van der Waals surface area contributed by atoms with Gasteiger partial charge in [-0.15, -0.1) is 6.42 Å². The van der Waals surface area contributed by atoms with Crippen LogP contribution in [0.4, 0.5) is 0 Å². The lowest BCUT2D eigenvalue weighted by atomic mass is 10.2. The van der Waals surface area contributed by atoms with Gasteiger partial charge in [-0.05, 0) is 6.92 Å². The molecule has 0 amide bonds. The Hall–Kier alpha value is 0.940. The highest BCUT2D eigenvalue weighted by atomic mass is 127. The molecule has 1 fully saturated rings. The predicted octanol–water partition coefficient (Wildman–Crippen LogP) is 1.69. The van der Waals surface area contributed by atoms with Crippen LogP contribution in [0.25, 0.3) is 0 Å². The van der Waals surface area contributed by atoms with Crippen LogP contribution in [0, 0.1) is 12.3 Å². The van der Waals surface area contributed by atoms with Gasteiger partial charge in [-0.1, -0.05) is 5.92 Å². The van der Waals surface area contributed by atoms with E-state index >= 15 is 0 Å². The van der Waals surface area contributed by atoms with E-state index in [9.17, 15) is 0 Å². The number of halogens is 2. The summed E-state index contributed by atoms with van der Waals surface area (Å²) >= 11 is 4.64. The summed E-state index contributed by atoms with van der Waals surface area (Å²) in [6.07, 6.45) is 5.39. The van der Waals surface area contributed by atoms with Crippen LogP contribution in [0.3, 0.4) is 0 Å². The second kappa shape index (κ2) is 4.25. The monoisotopic (exact) mass is 376 g/mol. The number of hydrogen-bond donors (Lipinski definition) is 0. The van der Waals surface area contributed by atoms with Gasteiger partial charge in [-0.25, -0.2) is 6.23 Å². The minimum atomic E-state index is 0.274. The molecule has 0 aromatic heterocycles. The van der Waals surface area contributed by atoms with Crippen molar-refractivity contribution in [2.75, 3.05) is 13.1 Å². The largest absolute Gasteiger partial charge is 0.243 e. The van der Waals surface area contributed by atoms with Crippen LogP contribution in [0.15, 0.2) is 0 Å². The zero-order valence-electron chi connectivity index (χ0n) is 6.30. The Balaban J connectivity index is 2.60. The van der Waals surface area contributed by atoms with Crippen LogP contribution in [0.1, 0.15) is 6.92 Å². The average Bonchev–Trinajstić information content (AvgIpc) is 1.96. The lowest BCUT2D eigenvalue weighted by Crippen LogP contribution is -2.49. The van der Waals surface area contributed by atoms with E-state index in [4.69, 9.17) is 6.42 Å². The zero-order chi connectivity index (χ0) is 8.43. The first-order valence-corrected chi connectivity index (χ1v) is 5.39. The van der Waals surface area contributed by atoms with Crippen LogP contribution in [-0.2, 0) is 0 Å². The van der Waals surface area contributed by atoms with Gasteiger partial charge < -0.3 is 0 Å². The standard InChI is InChI=1S/C7H10I2N2/c1-3-7-5-10(8)4-6(2)11(7)9/h1,6-7H,4-5H2,2H3/t6-,7+/m1/s1. The summed E-state index contributed by atoms with van der Waals surface area (Å²) in [4.78, 5) is 0. The van der Waals surface area contributed by atoms with Crippen molar-refractivity contribution in [2.45, 2.75) is 19.0 Å². The van der Waals surface area contributed by atoms with E-state index in [2.05, 4.69) is 64.8 Å². The molecule has 1 aliphatic heterocycles. The molecule has 0 spiro atoms. The van der Waals surface area contributed by atoms with E-state index in [0.29, 0.717) is 6.04 Å². The lowest BCUT2D eigenvalue weighted by Gasteiger charge is -2.37. The second-order valence-electron chi connectivity index (χ2n) is 2.70. The molecule has 0 unspecified atom stereocenters. The molecule has 0 aromatic rings. The maximum Gasteiger partial charge on any atom is 0.0938 e. The van der Waals surface area contributed by atoms with Gasteiger partial charge >= 0.3 is 0 Å². The Kier molecular flexibility index (Phi) is 3.88. The molecular weight excluding hydrogens is 366 g/mol. The van der Waals surface area contributed by atoms with Gasteiger partial charge in [-0.3, -0.25) is 0 Å². The SMILES string of the molecule is C#C[C@H]1CN(I)C[C@@H](C)N1I. The quantitative estimate of drug-likeness (QED) is 0.361. The van der Waals surface area contributed by atoms with Gasteiger partial charge in [0.05, 0.1) is 6.04 Å². The molecular formula is C7H10I2N2. The Labute approximate surface area is 95.7 Å². The first-order valence-electron chi connectivity index (χ1n) is 3.46. The van der Waals surface area contributed by atoms with Gasteiger partial charge in [0.2, 0.25) is 0 Å². The lowest BCUT2D eigenvalue weighted by molar-refractivity contribution is 0.236. The summed E-state index contributed by atoms with van der Waals surface area (Å²) in [5, 5.41) is 0. The highest BCUT2D eigenvalue weighted by Gasteiger charge is 2.27. The number of rotatable bonds is 0. The van der Waals surface area contributed by atoms with Crippen molar-refractivity contribution >= 4 is 45.7 Å². The van der Waals surface area contributed by atoms with E-state index in [1.807, 2.05) is 0 Å². The predicted molar refractivity (Wildman–Crippen MR) is 63.5 cm³/mol. The maximum absolute atomic E-state index is 5.39. The molecule has 0 aliphatic carbocycles. The third kappa shape index (κ3) is 2.44. The molecule has 2 nitrogen and oxygen atoms in total. The molecule has 0 bridgehead atoms. The molecule has 2 atom stereocenters. The summed E-state index contributed by atoms with van der Waals surface area (Å²) in [5.74, 6) is 2.79. The minimum Gasteiger partial charge on any atom is -0.243 e. The Morgan fingerprint density at radius 3 is 2.64 bits per heavy atom. The normalized spacial score (nSPS) is 35.1. The van der Waals surface area contributed by atoms with Gasteiger partial charge in [0.25, 0.3) is 0 Å². The summed E-state index contributed by atoms with van der Waals surface area (Å²) in [6.45, 7) is 4.27. The fourth-order valence-corrected chi connectivity index (χ4v) is 2.59. The fraction of sp³-hybridized carbons (Fsp3) is 0.714. The third-order valence-electron chi connectivity index (χ3n) is 1.74. The van der Waals surface area contributed by atoms with Gasteiger partial charge in [0.1, 0.15) is 0 Å². The summed E-state index contributed by atoms with van der Waals surface area (Å²) in [7, 11) is 0. The molecule has 1 aliphatic rings. The summed E-state index contributed by atoms with van der Waals surface area (Å²) < 4.78 is 4.48. The molecule has 0 saturated carbocycles. The van der Waals surface area contributed by atoms with Gasteiger partial charge in [-0.2, -0.15) is 0 Å². The van der Waals surface area contributed by atoms with Crippen molar-refractivity contribution in [1.29, 1.82) is 0 Å². The van der Waals surface area contributed by atoms with E-state index in [0.717, 1.165) is 13.1 Å². The molecule has 62 valence electrons. The van der Waals surface area contributed by atoms with Crippen molar-refractivity contribution in [3.8, 4) is 12.3 Å². The fourth-order valence-electron chi connectivity index (χ4n) is 1.14. The zero-order valence-corrected chi connectivity index (χ0v) is 10.6. The molecule has 0 aromatic carbocycles. The molecule has 1 saturated heterocycles. The summed E-state index contributed by atoms with van der Waals surface area (Å²) in [5.41, 5.74) is 0. The average molecular weight is 376 g/mol. The first kappa shape index (κ1) is 10.0. The van der Waals surface area contributed by atoms with Crippen molar-refractivity contribution in [3.63, 3.8) is 0 Å². The first-order chi connectivity index (χ1) is 5.15. The molecule has 0 N–H and O–H groups in total. The van der Waals surface area contributed by atoms with E-state index in [1.165, 1.54) is 0 Å². The van der Waals surface area contributed by atoms with E-state index in [1.54, 1.807) is 0 Å². The smallest absolute Gasteiger partial charge is 0.0938 e. The van der Waals surface area contributed by atoms with Crippen LogP contribution in [0.5, 0.6) is 0 Å². The van der Waals surface area contributed by atoms with Crippen molar-refractivity contribution in [3.05, 3.63) is 0 Å². The summed E-state index contributed by atoms with van der Waals surface area (Å²) in [6, 6.07) is 0.832. The van der Waals surface area contributed by atoms with Crippen LogP contribution in [-0.4, -0.2) is 31.4 Å². The molecule has 0 radical (unpaired) electrons.